The molecule has 0 saturated carbocycles. The average Bonchev–Trinajstić information content (AvgIpc) is 3.84. The molecule has 2 heterocycles. The molecule has 1 aromatic heterocycles. The summed E-state index contributed by atoms with van der Waals surface area (Å²) >= 11 is 0. The molecule has 3 heteroatoms. The molecule has 60 heavy (non-hydrogen) atoms. The van der Waals surface area contributed by atoms with E-state index in [-0.39, 0.29) is 0 Å². The maximum absolute atomic E-state index is 6.84. The summed E-state index contributed by atoms with van der Waals surface area (Å²) in [6, 6.07) is 76.6. The number of furan rings is 1. The summed E-state index contributed by atoms with van der Waals surface area (Å²) in [5.74, 6) is 1.78. The number of hydrogen-bond donors (Lipinski definition) is 0. The zero-order valence-corrected chi connectivity index (χ0v) is 32.5. The van der Waals surface area contributed by atoms with Crippen molar-refractivity contribution in [1.82, 2.24) is 0 Å². The van der Waals surface area contributed by atoms with Crippen molar-refractivity contribution in [2.45, 2.75) is 5.41 Å². The van der Waals surface area contributed by atoms with E-state index in [0.717, 1.165) is 78.0 Å². The molecular weight excluding hydrogens is 731 g/mol. The summed E-state index contributed by atoms with van der Waals surface area (Å²) in [7, 11) is 0. The van der Waals surface area contributed by atoms with Crippen molar-refractivity contribution in [1.29, 1.82) is 0 Å². The highest BCUT2D eigenvalue weighted by Gasteiger charge is 2.50. The summed E-state index contributed by atoms with van der Waals surface area (Å²) in [4.78, 5) is 2.37. The van der Waals surface area contributed by atoms with Crippen LogP contribution in [0.2, 0.25) is 0 Å². The quantitative estimate of drug-likeness (QED) is 0.178. The lowest BCUT2D eigenvalue weighted by atomic mass is 9.66. The lowest BCUT2D eigenvalue weighted by molar-refractivity contribution is 0.436. The van der Waals surface area contributed by atoms with Crippen molar-refractivity contribution in [3.05, 3.63) is 235 Å². The van der Waals surface area contributed by atoms with Crippen LogP contribution in [0.4, 0.5) is 17.1 Å². The van der Waals surface area contributed by atoms with Crippen molar-refractivity contribution < 1.29 is 9.15 Å². The zero-order chi connectivity index (χ0) is 39.4. The lowest BCUT2D eigenvalue weighted by Crippen LogP contribution is -2.32. The van der Waals surface area contributed by atoms with E-state index < -0.39 is 5.41 Å². The van der Waals surface area contributed by atoms with E-state index in [2.05, 4.69) is 205 Å². The molecule has 1 aliphatic heterocycles. The number of rotatable bonds is 4. The van der Waals surface area contributed by atoms with E-state index in [1.54, 1.807) is 0 Å². The van der Waals surface area contributed by atoms with Gasteiger partial charge in [-0.15, -0.1) is 0 Å². The first-order valence-electron chi connectivity index (χ1n) is 20.6. The Hall–Kier alpha value is -7.88. The molecule has 2 aliphatic rings. The van der Waals surface area contributed by atoms with Gasteiger partial charge in [0, 0.05) is 44.0 Å². The van der Waals surface area contributed by atoms with Gasteiger partial charge in [0.25, 0.3) is 0 Å². The van der Waals surface area contributed by atoms with Crippen LogP contribution in [0.5, 0.6) is 11.5 Å². The Morgan fingerprint density at radius 3 is 1.82 bits per heavy atom. The van der Waals surface area contributed by atoms with Crippen LogP contribution in [0, 0.1) is 0 Å². The fourth-order valence-corrected chi connectivity index (χ4v) is 10.3. The Morgan fingerprint density at radius 2 is 0.983 bits per heavy atom. The number of benzene rings is 10. The highest BCUT2D eigenvalue weighted by atomic mass is 16.5. The molecule has 0 N–H and O–H groups in total. The normalized spacial score (nSPS) is 13.3. The van der Waals surface area contributed by atoms with Crippen molar-refractivity contribution in [3.8, 4) is 33.8 Å². The fraction of sp³-hybridized carbons (Fsp3) is 0.0175. The highest BCUT2D eigenvalue weighted by molar-refractivity contribution is 6.16. The van der Waals surface area contributed by atoms with Gasteiger partial charge in [-0.1, -0.05) is 158 Å². The number of para-hydroxylation sites is 2. The molecule has 11 aromatic rings. The molecule has 0 amide bonds. The molecule has 0 unspecified atom stereocenters. The van der Waals surface area contributed by atoms with Crippen LogP contribution in [0.25, 0.3) is 65.7 Å². The summed E-state index contributed by atoms with van der Waals surface area (Å²) in [6.07, 6.45) is 0. The maximum atomic E-state index is 6.84. The van der Waals surface area contributed by atoms with E-state index in [1.807, 2.05) is 12.1 Å². The SMILES string of the molecule is c1ccc2c(c1)Oc1cc(-c3ccc(N(c4ccc5ccc6c7ccccc7oc6c5c4)c4cccc5ccccc45)cc3)ccc1C21c2ccccc2-c2ccccc21. The van der Waals surface area contributed by atoms with Crippen molar-refractivity contribution in [2.24, 2.45) is 0 Å². The molecular formula is C57H35NO2. The largest absolute Gasteiger partial charge is 0.457 e. The van der Waals surface area contributed by atoms with Gasteiger partial charge < -0.3 is 14.1 Å². The van der Waals surface area contributed by atoms with Gasteiger partial charge in [-0.05, 0) is 98.8 Å². The smallest absolute Gasteiger partial charge is 0.143 e. The molecule has 3 nitrogen and oxygen atoms in total. The van der Waals surface area contributed by atoms with Gasteiger partial charge in [0.2, 0.25) is 0 Å². The van der Waals surface area contributed by atoms with Gasteiger partial charge in [0.15, 0.2) is 0 Å². The summed E-state index contributed by atoms with van der Waals surface area (Å²) in [5.41, 5.74) is 14.3. The predicted molar refractivity (Wildman–Crippen MR) is 246 cm³/mol. The monoisotopic (exact) mass is 765 g/mol. The first-order chi connectivity index (χ1) is 29.7. The fourth-order valence-electron chi connectivity index (χ4n) is 10.3. The Kier molecular flexibility index (Phi) is 6.93. The van der Waals surface area contributed by atoms with Crippen LogP contribution < -0.4 is 9.64 Å². The number of ether oxygens (including phenoxy) is 1. The van der Waals surface area contributed by atoms with Gasteiger partial charge in [-0.25, -0.2) is 0 Å². The summed E-state index contributed by atoms with van der Waals surface area (Å²) in [5, 5.41) is 6.86. The number of fused-ring (bicyclic) bond motifs is 15. The van der Waals surface area contributed by atoms with Crippen molar-refractivity contribution >= 4 is 60.5 Å². The maximum Gasteiger partial charge on any atom is 0.143 e. The highest BCUT2D eigenvalue weighted by Crippen LogP contribution is 2.62. The number of anilines is 3. The minimum Gasteiger partial charge on any atom is -0.457 e. The van der Waals surface area contributed by atoms with E-state index in [9.17, 15) is 0 Å². The molecule has 0 bridgehead atoms. The summed E-state index contributed by atoms with van der Waals surface area (Å²) in [6.45, 7) is 0. The van der Waals surface area contributed by atoms with E-state index in [4.69, 9.17) is 9.15 Å². The van der Waals surface area contributed by atoms with E-state index >= 15 is 0 Å². The van der Waals surface area contributed by atoms with Crippen LogP contribution in [-0.4, -0.2) is 0 Å². The van der Waals surface area contributed by atoms with Gasteiger partial charge >= 0.3 is 0 Å². The molecule has 1 spiro atoms. The lowest BCUT2D eigenvalue weighted by Gasteiger charge is -2.39. The molecule has 0 radical (unpaired) electrons. The second-order valence-electron chi connectivity index (χ2n) is 16.0. The Bertz CT molecular complexity index is 3490. The second kappa shape index (κ2) is 12.6. The minimum atomic E-state index is -0.480. The molecule has 0 atom stereocenters. The predicted octanol–water partition coefficient (Wildman–Crippen LogP) is 15.5. The first-order valence-corrected chi connectivity index (χ1v) is 20.6. The molecule has 10 aromatic carbocycles. The van der Waals surface area contributed by atoms with Crippen molar-refractivity contribution in [3.63, 3.8) is 0 Å². The van der Waals surface area contributed by atoms with Crippen LogP contribution in [0.3, 0.4) is 0 Å². The molecule has 1 aliphatic carbocycles. The number of hydrogen-bond acceptors (Lipinski definition) is 3. The van der Waals surface area contributed by atoms with Gasteiger partial charge in [0.1, 0.15) is 22.7 Å². The first kappa shape index (κ1) is 33.1. The Labute approximate surface area is 347 Å². The minimum absolute atomic E-state index is 0.480. The van der Waals surface area contributed by atoms with Crippen LogP contribution in [0.15, 0.2) is 217 Å². The van der Waals surface area contributed by atoms with Crippen molar-refractivity contribution in [2.75, 3.05) is 4.90 Å². The Morgan fingerprint density at radius 1 is 0.367 bits per heavy atom. The second-order valence-corrected chi connectivity index (χ2v) is 16.0. The standard InChI is InChI=1S/C57H35NO2/c1-2-14-42-37(12-1)13-11-21-52(42)58(41-31-26-38-27-32-46-45-17-5-9-22-53(45)60-56(46)47(38)35-41)40-29-24-36(25-30-40)39-28-33-51-55(34-39)59-54-23-10-8-20-50(54)57(51)48-18-6-3-15-43(48)44-16-4-7-19-49(44)57/h1-35H. The van der Waals surface area contributed by atoms with Gasteiger partial charge in [-0.3, -0.25) is 0 Å². The third kappa shape index (κ3) is 4.60. The third-order valence-electron chi connectivity index (χ3n) is 12.9. The van der Waals surface area contributed by atoms with Crippen LogP contribution in [-0.2, 0) is 5.41 Å². The number of nitrogens with zero attached hydrogens (tertiary/aromatic N) is 1. The van der Waals surface area contributed by atoms with Gasteiger partial charge in [-0.2, -0.15) is 0 Å². The summed E-state index contributed by atoms with van der Waals surface area (Å²) < 4.78 is 13.4. The molecule has 0 fully saturated rings. The Balaban J connectivity index is 0.956. The third-order valence-corrected chi connectivity index (χ3v) is 12.9. The van der Waals surface area contributed by atoms with Gasteiger partial charge in [0.05, 0.1) is 11.1 Å². The topological polar surface area (TPSA) is 25.6 Å². The molecule has 0 saturated heterocycles. The zero-order valence-electron chi connectivity index (χ0n) is 32.5. The average molecular weight is 766 g/mol. The molecule has 13 rings (SSSR count). The van der Waals surface area contributed by atoms with E-state index in [1.165, 1.54) is 38.6 Å². The van der Waals surface area contributed by atoms with Crippen LogP contribution >= 0.6 is 0 Å². The van der Waals surface area contributed by atoms with E-state index in [0.29, 0.717) is 0 Å². The molecule has 280 valence electrons. The van der Waals surface area contributed by atoms with Crippen LogP contribution in [0.1, 0.15) is 22.3 Å².